The number of carbonyl (C=O) groups is 1. The fraction of sp³-hybridized carbons (Fsp3) is 0.417. The van der Waals surface area contributed by atoms with Gasteiger partial charge < -0.3 is 15.8 Å². The normalized spacial score (nSPS) is 16.0. The second-order valence-electron chi connectivity index (χ2n) is 4.66. The van der Waals surface area contributed by atoms with Gasteiger partial charge in [-0.15, -0.1) is 0 Å². The standard InChI is InChI=1S/C12H17N3O4S/c1-8(13)4-5-14-20(17,18)9-2-3-11-10(6-9)15-12(16)7-19-11/h2-3,6,8,14H,4-5,7,13H2,1H3,(H,15,16). The zero-order valence-electron chi connectivity index (χ0n) is 11.0. The molecule has 0 aliphatic carbocycles. The topological polar surface area (TPSA) is 111 Å². The summed E-state index contributed by atoms with van der Waals surface area (Å²) in [4.78, 5) is 11.3. The number of anilines is 1. The molecule has 0 fully saturated rings. The second kappa shape index (κ2) is 5.78. The molecular formula is C12H17N3O4S. The predicted molar refractivity (Wildman–Crippen MR) is 74.0 cm³/mol. The summed E-state index contributed by atoms with van der Waals surface area (Å²) in [5.74, 6) is 0.149. The first-order chi connectivity index (χ1) is 9.38. The number of amides is 1. The largest absolute Gasteiger partial charge is 0.482 e. The summed E-state index contributed by atoms with van der Waals surface area (Å²) in [5, 5.41) is 2.57. The summed E-state index contributed by atoms with van der Waals surface area (Å²) < 4.78 is 31.8. The SMILES string of the molecule is CC(N)CCNS(=O)(=O)c1ccc2c(c1)NC(=O)CO2. The molecule has 1 heterocycles. The van der Waals surface area contributed by atoms with Gasteiger partial charge in [0.05, 0.1) is 10.6 Å². The molecule has 8 heteroatoms. The molecule has 20 heavy (non-hydrogen) atoms. The van der Waals surface area contributed by atoms with Gasteiger partial charge in [-0.1, -0.05) is 0 Å². The fourth-order valence-electron chi connectivity index (χ4n) is 1.73. The van der Waals surface area contributed by atoms with E-state index in [9.17, 15) is 13.2 Å². The van der Waals surface area contributed by atoms with Gasteiger partial charge in [0, 0.05) is 12.6 Å². The van der Waals surface area contributed by atoms with Crippen LogP contribution in [0.15, 0.2) is 23.1 Å². The maximum absolute atomic E-state index is 12.1. The molecular weight excluding hydrogens is 282 g/mol. The molecule has 0 aromatic heterocycles. The first-order valence-electron chi connectivity index (χ1n) is 6.20. The van der Waals surface area contributed by atoms with Gasteiger partial charge in [0.15, 0.2) is 6.61 Å². The highest BCUT2D eigenvalue weighted by molar-refractivity contribution is 7.89. The van der Waals surface area contributed by atoms with E-state index in [2.05, 4.69) is 10.0 Å². The number of carbonyl (C=O) groups excluding carboxylic acids is 1. The number of ether oxygens (including phenoxy) is 1. The van der Waals surface area contributed by atoms with Crippen LogP contribution in [0.25, 0.3) is 0 Å². The van der Waals surface area contributed by atoms with Crippen molar-refractivity contribution in [2.45, 2.75) is 24.3 Å². The molecule has 1 atom stereocenters. The van der Waals surface area contributed by atoms with Gasteiger partial charge in [-0.3, -0.25) is 4.79 Å². The summed E-state index contributed by atoms with van der Waals surface area (Å²) in [6.07, 6.45) is 0.546. The Morgan fingerprint density at radius 3 is 2.95 bits per heavy atom. The summed E-state index contributed by atoms with van der Waals surface area (Å²) in [7, 11) is -3.62. The highest BCUT2D eigenvalue weighted by Gasteiger charge is 2.20. The van der Waals surface area contributed by atoms with E-state index in [1.807, 2.05) is 0 Å². The number of rotatable bonds is 5. The number of nitrogens with two attached hydrogens (primary N) is 1. The molecule has 1 amide bonds. The molecule has 1 aromatic rings. The van der Waals surface area contributed by atoms with Gasteiger partial charge in [-0.25, -0.2) is 13.1 Å². The number of sulfonamides is 1. The molecule has 0 saturated carbocycles. The number of nitrogens with one attached hydrogen (secondary N) is 2. The van der Waals surface area contributed by atoms with Crippen molar-refractivity contribution in [1.82, 2.24) is 4.72 Å². The minimum Gasteiger partial charge on any atom is -0.482 e. The minimum atomic E-state index is -3.62. The van der Waals surface area contributed by atoms with Gasteiger partial charge in [0.25, 0.3) is 5.91 Å². The van der Waals surface area contributed by atoms with Crippen molar-refractivity contribution < 1.29 is 17.9 Å². The molecule has 1 unspecified atom stereocenters. The highest BCUT2D eigenvalue weighted by atomic mass is 32.2. The van der Waals surface area contributed by atoms with E-state index < -0.39 is 10.0 Å². The van der Waals surface area contributed by atoms with Gasteiger partial charge in [-0.05, 0) is 31.5 Å². The molecule has 1 aromatic carbocycles. The van der Waals surface area contributed by atoms with Crippen molar-refractivity contribution in [3.8, 4) is 5.75 Å². The Morgan fingerprint density at radius 1 is 1.50 bits per heavy atom. The molecule has 7 nitrogen and oxygen atoms in total. The Labute approximate surface area is 117 Å². The van der Waals surface area contributed by atoms with Crippen LogP contribution < -0.4 is 20.5 Å². The van der Waals surface area contributed by atoms with Crippen molar-refractivity contribution in [1.29, 1.82) is 0 Å². The fourth-order valence-corrected chi connectivity index (χ4v) is 2.81. The third-order valence-corrected chi connectivity index (χ3v) is 4.24. The van der Waals surface area contributed by atoms with E-state index in [1.54, 1.807) is 6.92 Å². The first-order valence-corrected chi connectivity index (χ1v) is 7.69. The van der Waals surface area contributed by atoms with E-state index in [4.69, 9.17) is 10.5 Å². The summed E-state index contributed by atoms with van der Waals surface area (Å²) in [5.41, 5.74) is 5.93. The smallest absolute Gasteiger partial charge is 0.262 e. The predicted octanol–water partition coefficient (Wildman–Crippen LogP) is 0.0331. The Bertz CT molecular complexity index is 613. The third kappa shape index (κ3) is 3.47. The lowest BCUT2D eigenvalue weighted by Crippen LogP contribution is -2.29. The Balaban J connectivity index is 2.16. The molecule has 2 rings (SSSR count). The van der Waals surface area contributed by atoms with Gasteiger partial charge >= 0.3 is 0 Å². The lowest BCUT2D eigenvalue weighted by molar-refractivity contribution is -0.118. The first kappa shape index (κ1) is 14.8. The highest BCUT2D eigenvalue weighted by Crippen LogP contribution is 2.29. The number of fused-ring (bicyclic) bond motifs is 1. The molecule has 110 valence electrons. The van der Waals surface area contributed by atoms with Crippen molar-refractivity contribution in [3.63, 3.8) is 0 Å². The second-order valence-corrected chi connectivity index (χ2v) is 6.43. The van der Waals surface area contributed by atoms with Gasteiger partial charge in [0.1, 0.15) is 5.75 Å². The Kier molecular flexibility index (Phi) is 4.26. The van der Waals surface area contributed by atoms with Gasteiger partial charge in [0.2, 0.25) is 10.0 Å². The minimum absolute atomic E-state index is 0.0638. The van der Waals surface area contributed by atoms with E-state index in [0.717, 1.165) is 0 Å². The molecule has 0 spiro atoms. The van der Waals surface area contributed by atoms with Crippen molar-refractivity contribution >= 4 is 21.6 Å². The van der Waals surface area contributed by atoms with Crippen LogP contribution in [0.2, 0.25) is 0 Å². The number of hydrogen-bond acceptors (Lipinski definition) is 5. The monoisotopic (exact) mass is 299 g/mol. The van der Waals surface area contributed by atoms with Crippen LogP contribution in [0.1, 0.15) is 13.3 Å². The van der Waals surface area contributed by atoms with Crippen molar-refractivity contribution in [2.24, 2.45) is 5.73 Å². The lowest BCUT2D eigenvalue weighted by atomic mass is 10.2. The van der Waals surface area contributed by atoms with Crippen molar-refractivity contribution in [2.75, 3.05) is 18.5 Å². The summed E-state index contributed by atoms with van der Waals surface area (Å²) >= 11 is 0. The third-order valence-electron chi connectivity index (χ3n) is 2.79. The van der Waals surface area contributed by atoms with E-state index >= 15 is 0 Å². The zero-order chi connectivity index (χ0) is 14.8. The lowest BCUT2D eigenvalue weighted by Gasteiger charge is -2.18. The average molecular weight is 299 g/mol. The van der Waals surface area contributed by atoms with Crippen LogP contribution in [-0.2, 0) is 14.8 Å². The zero-order valence-corrected chi connectivity index (χ0v) is 11.9. The summed E-state index contributed by atoms with van der Waals surface area (Å²) in [6, 6.07) is 4.26. The van der Waals surface area contributed by atoms with E-state index in [0.29, 0.717) is 17.9 Å². The quantitative estimate of drug-likeness (QED) is 0.710. The van der Waals surface area contributed by atoms with Crippen LogP contribution in [0, 0.1) is 0 Å². The molecule has 4 N–H and O–H groups in total. The van der Waals surface area contributed by atoms with Crippen molar-refractivity contribution in [3.05, 3.63) is 18.2 Å². The molecule has 0 saturated heterocycles. The van der Waals surface area contributed by atoms with E-state index in [-0.39, 0.29) is 30.0 Å². The van der Waals surface area contributed by atoms with E-state index in [1.165, 1.54) is 18.2 Å². The Morgan fingerprint density at radius 2 is 2.25 bits per heavy atom. The van der Waals surface area contributed by atoms with Crippen LogP contribution in [-0.4, -0.2) is 33.5 Å². The van der Waals surface area contributed by atoms with Crippen LogP contribution in [0.5, 0.6) is 5.75 Å². The average Bonchev–Trinajstić information content (AvgIpc) is 2.37. The maximum Gasteiger partial charge on any atom is 0.262 e. The number of benzene rings is 1. The maximum atomic E-state index is 12.1. The number of hydrogen-bond donors (Lipinski definition) is 3. The van der Waals surface area contributed by atoms with Crippen LogP contribution in [0.4, 0.5) is 5.69 Å². The van der Waals surface area contributed by atoms with Crippen LogP contribution >= 0.6 is 0 Å². The summed E-state index contributed by atoms with van der Waals surface area (Å²) in [6.45, 7) is 2.01. The molecule has 1 aliphatic rings. The molecule has 0 radical (unpaired) electrons. The Hall–Kier alpha value is -1.64. The molecule has 1 aliphatic heterocycles. The van der Waals surface area contributed by atoms with Gasteiger partial charge in [-0.2, -0.15) is 0 Å². The molecule has 0 bridgehead atoms. The van der Waals surface area contributed by atoms with Crippen LogP contribution in [0.3, 0.4) is 0 Å².